The molecule has 0 aliphatic carbocycles. The SMILES string of the molecule is CC[C@@H](SC1=Nc2ccccc2C2=N[C@@H](CCC(=O)NCc3ccccc3OC)C(=O)N12)C(=O)NCc1ccc(C)cc1. The van der Waals surface area contributed by atoms with E-state index in [2.05, 4.69) is 10.6 Å². The number of rotatable bonds is 11. The summed E-state index contributed by atoms with van der Waals surface area (Å²) in [6.45, 7) is 4.71. The molecule has 0 radical (unpaired) electrons. The van der Waals surface area contributed by atoms with Crippen molar-refractivity contribution in [2.45, 2.75) is 57.5 Å². The van der Waals surface area contributed by atoms with Crippen LogP contribution in [0, 0.1) is 6.92 Å². The van der Waals surface area contributed by atoms with Gasteiger partial charge in [-0.1, -0.05) is 78.8 Å². The number of para-hydroxylation sites is 2. The minimum Gasteiger partial charge on any atom is -0.496 e. The largest absolute Gasteiger partial charge is 0.496 e. The standard InChI is InChI=1S/C33H35N5O4S/c1-4-28(31(40)35-19-22-15-13-21(2)14-16-22)43-33-37-25-11-7-6-10-24(25)30-36-26(32(41)38(30)33)17-18-29(39)34-20-23-9-5-8-12-27(23)42-3/h5-16,26,28H,4,17-20H2,1-3H3,(H,34,39)(H,35,40)/t26-,28+/m0/s1. The Balaban J connectivity index is 1.25. The monoisotopic (exact) mass is 597 g/mol. The molecular formula is C33H35N5O4S. The Morgan fingerprint density at radius 1 is 1.00 bits per heavy atom. The van der Waals surface area contributed by atoms with Crippen LogP contribution in [-0.2, 0) is 27.5 Å². The lowest BCUT2D eigenvalue weighted by Gasteiger charge is -2.27. The van der Waals surface area contributed by atoms with Gasteiger partial charge >= 0.3 is 0 Å². The van der Waals surface area contributed by atoms with Crippen LogP contribution in [0.1, 0.15) is 48.4 Å². The Morgan fingerprint density at radius 3 is 2.51 bits per heavy atom. The van der Waals surface area contributed by atoms with Gasteiger partial charge in [-0.3, -0.25) is 19.4 Å². The molecule has 43 heavy (non-hydrogen) atoms. The molecule has 2 N–H and O–H groups in total. The third-order valence-electron chi connectivity index (χ3n) is 7.36. The molecule has 0 spiro atoms. The molecular weight excluding hydrogens is 562 g/mol. The Labute approximate surface area is 255 Å². The number of nitrogens with zero attached hydrogens (tertiary/aromatic N) is 3. The zero-order valence-electron chi connectivity index (χ0n) is 24.5. The van der Waals surface area contributed by atoms with Crippen molar-refractivity contribution in [3.05, 3.63) is 95.1 Å². The minimum absolute atomic E-state index is 0.122. The molecule has 0 fully saturated rings. The summed E-state index contributed by atoms with van der Waals surface area (Å²) in [6.07, 6.45) is 0.941. The van der Waals surface area contributed by atoms with Crippen LogP contribution < -0.4 is 15.4 Å². The lowest BCUT2D eigenvalue weighted by atomic mass is 10.1. The predicted octanol–water partition coefficient (Wildman–Crippen LogP) is 4.89. The number of aliphatic imine (C=N–C) groups is 2. The van der Waals surface area contributed by atoms with Gasteiger partial charge in [0.2, 0.25) is 11.8 Å². The zero-order chi connectivity index (χ0) is 30.3. The number of thioether (sulfide) groups is 1. The summed E-state index contributed by atoms with van der Waals surface area (Å²) >= 11 is 1.26. The number of fused-ring (bicyclic) bond motifs is 3. The number of carbonyl (C=O) groups is 3. The second kappa shape index (κ2) is 13.7. The van der Waals surface area contributed by atoms with Crippen LogP contribution >= 0.6 is 11.8 Å². The van der Waals surface area contributed by atoms with Gasteiger partial charge in [0.1, 0.15) is 17.6 Å². The fourth-order valence-electron chi connectivity index (χ4n) is 4.93. The molecule has 0 saturated heterocycles. The van der Waals surface area contributed by atoms with E-state index in [0.717, 1.165) is 22.3 Å². The number of ether oxygens (including phenoxy) is 1. The average Bonchev–Trinajstić information content (AvgIpc) is 3.37. The zero-order valence-corrected chi connectivity index (χ0v) is 25.3. The summed E-state index contributed by atoms with van der Waals surface area (Å²) in [6, 6.07) is 22.3. The van der Waals surface area contributed by atoms with Gasteiger partial charge in [0.15, 0.2) is 5.17 Å². The highest BCUT2D eigenvalue weighted by molar-refractivity contribution is 8.15. The van der Waals surface area contributed by atoms with Gasteiger partial charge < -0.3 is 15.4 Å². The first kappa shape index (κ1) is 30.0. The van der Waals surface area contributed by atoms with E-state index >= 15 is 0 Å². The number of carbonyl (C=O) groups excluding carboxylic acids is 3. The number of nitrogens with one attached hydrogen (secondary N) is 2. The molecule has 2 atom stereocenters. The molecule has 3 aromatic rings. The van der Waals surface area contributed by atoms with Crippen LogP contribution in [0.2, 0.25) is 0 Å². The first-order valence-corrected chi connectivity index (χ1v) is 15.2. The summed E-state index contributed by atoms with van der Waals surface area (Å²) in [5.74, 6) is 0.664. The Morgan fingerprint density at radius 2 is 1.74 bits per heavy atom. The number of benzene rings is 3. The molecule has 0 saturated carbocycles. The quantitative estimate of drug-likeness (QED) is 0.327. The number of hydrogen-bond donors (Lipinski definition) is 2. The molecule has 0 unspecified atom stereocenters. The Bertz CT molecular complexity index is 1570. The first-order valence-electron chi connectivity index (χ1n) is 14.4. The summed E-state index contributed by atoms with van der Waals surface area (Å²) in [5.41, 5.74) is 4.49. The normalized spacial score (nSPS) is 16.0. The highest BCUT2D eigenvalue weighted by Crippen LogP contribution is 2.36. The highest BCUT2D eigenvalue weighted by Gasteiger charge is 2.42. The van der Waals surface area contributed by atoms with Crippen LogP contribution in [0.5, 0.6) is 5.75 Å². The molecule has 0 bridgehead atoms. The molecule has 10 heteroatoms. The molecule has 2 aliphatic rings. The molecule has 9 nitrogen and oxygen atoms in total. The Hall–Kier alpha value is -4.44. The van der Waals surface area contributed by atoms with Crippen molar-refractivity contribution in [2.75, 3.05) is 7.11 Å². The smallest absolute Gasteiger partial charge is 0.259 e. The van der Waals surface area contributed by atoms with Crippen LogP contribution in [-0.4, -0.2) is 52.0 Å². The summed E-state index contributed by atoms with van der Waals surface area (Å²) in [4.78, 5) is 50.6. The highest BCUT2D eigenvalue weighted by atomic mass is 32.2. The lowest BCUT2D eigenvalue weighted by Crippen LogP contribution is -2.43. The van der Waals surface area contributed by atoms with Gasteiger partial charge in [-0.15, -0.1) is 0 Å². The number of amides is 3. The summed E-state index contributed by atoms with van der Waals surface area (Å²) in [7, 11) is 1.59. The molecule has 2 heterocycles. The van der Waals surface area contributed by atoms with Crippen molar-refractivity contribution in [2.24, 2.45) is 9.98 Å². The van der Waals surface area contributed by atoms with E-state index in [1.165, 1.54) is 16.7 Å². The second-order valence-electron chi connectivity index (χ2n) is 10.4. The van der Waals surface area contributed by atoms with Gasteiger partial charge in [0.25, 0.3) is 5.91 Å². The number of hydrogen-bond acceptors (Lipinski definition) is 7. The van der Waals surface area contributed by atoms with Crippen LogP contribution in [0.4, 0.5) is 5.69 Å². The first-order chi connectivity index (χ1) is 20.9. The Kier molecular flexibility index (Phi) is 9.56. The van der Waals surface area contributed by atoms with Crippen molar-refractivity contribution in [3.8, 4) is 5.75 Å². The third-order valence-corrected chi connectivity index (χ3v) is 8.68. The van der Waals surface area contributed by atoms with E-state index in [-0.39, 0.29) is 30.6 Å². The van der Waals surface area contributed by atoms with Crippen LogP contribution in [0.15, 0.2) is 82.8 Å². The fourth-order valence-corrected chi connectivity index (χ4v) is 5.97. The number of aryl methyl sites for hydroxylation is 1. The van der Waals surface area contributed by atoms with E-state index in [1.54, 1.807) is 7.11 Å². The van der Waals surface area contributed by atoms with Crippen molar-refractivity contribution in [1.82, 2.24) is 15.5 Å². The van der Waals surface area contributed by atoms with Crippen molar-refractivity contribution in [1.29, 1.82) is 0 Å². The van der Waals surface area contributed by atoms with E-state index in [1.807, 2.05) is 86.6 Å². The second-order valence-corrected chi connectivity index (χ2v) is 11.6. The maximum absolute atomic E-state index is 13.7. The van der Waals surface area contributed by atoms with Gasteiger partial charge in [0.05, 0.1) is 18.0 Å². The number of amidine groups is 2. The maximum Gasteiger partial charge on any atom is 0.259 e. The molecule has 5 rings (SSSR count). The molecule has 222 valence electrons. The van der Waals surface area contributed by atoms with E-state index in [4.69, 9.17) is 14.7 Å². The van der Waals surface area contributed by atoms with Gasteiger partial charge in [0, 0.05) is 30.6 Å². The molecule has 3 amide bonds. The topological polar surface area (TPSA) is 112 Å². The molecule has 0 aromatic heterocycles. The predicted molar refractivity (Wildman–Crippen MR) is 169 cm³/mol. The maximum atomic E-state index is 13.7. The van der Waals surface area contributed by atoms with E-state index in [9.17, 15) is 14.4 Å². The molecule has 2 aliphatic heterocycles. The van der Waals surface area contributed by atoms with Gasteiger partial charge in [-0.05, 0) is 43.5 Å². The minimum atomic E-state index is -0.723. The third kappa shape index (κ3) is 6.97. The van der Waals surface area contributed by atoms with E-state index < -0.39 is 11.3 Å². The van der Waals surface area contributed by atoms with Gasteiger partial charge in [-0.25, -0.2) is 9.89 Å². The van der Waals surface area contributed by atoms with Crippen LogP contribution in [0.25, 0.3) is 0 Å². The van der Waals surface area contributed by atoms with Crippen molar-refractivity contribution >= 4 is 46.2 Å². The number of methoxy groups -OCH3 is 1. The average molecular weight is 598 g/mol. The van der Waals surface area contributed by atoms with E-state index in [0.29, 0.717) is 42.0 Å². The molecule has 3 aromatic carbocycles. The van der Waals surface area contributed by atoms with Crippen molar-refractivity contribution in [3.63, 3.8) is 0 Å². The van der Waals surface area contributed by atoms with Crippen molar-refractivity contribution < 1.29 is 19.1 Å². The lowest BCUT2D eigenvalue weighted by molar-refractivity contribution is -0.125. The summed E-state index contributed by atoms with van der Waals surface area (Å²) in [5, 5.41) is 5.89. The fraction of sp³-hybridized carbons (Fsp3) is 0.303. The van der Waals surface area contributed by atoms with Crippen LogP contribution in [0.3, 0.4) is 0 Å². The van der Waals surface area contributed by atoms with Gasteiger partial charge in [-0.2, -0.15) is 0 Å². The summed E-state index contributed by atoms with van der Waals surface area (Å²) < 4.78 is 5.36.